The van der Waals surface area contributed by atoms with E-state index in [-0.39, 0.29) is 0 Å². The van der Waals surface area contributed by atoms with Crippen molar-refractivity contribution in [2.45, 2.75) is 6.04 Å². The van der Waals surface area contributed by atoms with Gasteiger partial charge in [-0.05, 0) is 11.6 Å². The Morgan fingerprint density at radius 2 is 2.23 bits per heavy atom. The Morgan fingerprint density at radius 3 is 2.77 bits per heavy atom. The van der Waals surface area contributed by atoms with Gasteiger partial charge in [-0.25, -0.2) is 0 Å². The summed E-state index contributed by atoms with van der Waals surface area (Å²) < 4.78 is 0. The molecule has 0 aliphatic carbocycles. The minimum Gasteiger partial charge on any atom is -0.304 e. The Hall–Kier alpha value is -0.900. The first-order valence-corrected chi connectivity index (χ1v) is 4.15. The zero-order valence-electron chi connectivity index (χ0n) is 7.16. The fraction of sp³-hybridized carbons (Fsp3) is 0.222. The van der Waals surface area contributed by atoms with Crippen LogP contribution in [0.2, 0.25) is 5.02 Å². The summed E-state index contributed by atoms with van der Waals surface area (Å²) in [4.78, 5) is 15.3. The second-order valence-corrected chi connectivity index (χ2v) is 2.86. The molecule has 0 saturated carbocycles. The molecule has 1 aromatic rings. The molecule has 1 aromatic carbocycles. The fourth-order valence-corrected chi connectivity index (χ4v) is 1.27. The molecule has 4 heteroatoms. The monoisotopic (exact) mass is 199 g/mol. The standard InChI is InChI=1S/C9H10ClNO2/c1-13-11-9(6-12)7-4-2-3-5-8(7)10/h2-6,9,11H,1H3. The van der Waals surface area contributed by atoms with Crippen molar-refractivity contribution >= 4 is 17.9 Å². The summed E-state index contributed by atoms with van der Waals surface area (Å²) in [5.41, 5.74) is 3.25. The van der Waals surface area contributed by atoms with Crippen molar-refractivity contribution in [1.82, 2.24) is 5.48 Å². The molecule has 0 saturated heterocycles. The van der Waals surface area contributed by atoms with Crippen LogP contribution in [0, 0.1) is 0 Å². The van der Waals surface area contributed by atoms with Crippen molar-refractivity contribution in [3.63, 3.8) is 0 Å². The maximum atomic E-state index is 10.6. The normalized spacial score (nSPS) is 12.5. The molecular formula is C9H10ClNO2. The maximum Gasteiger partial charge on any atom is 0.143 e. The van der Waals surface area contributed by atoms with E-state index in [1.54, 1.807) is 18.2 Å². The quantitative estimate of drug-likeness (QED) is 0.593. The van der Waals surface area contributed by atoms with Gasteiger partial charge in [-0.2, -0.15) is 5.48 Å². The average molecular weight is 200 g/mol. The molecule has 1 unspecified atom stereocenters. The number of carbonyl (C=O) groups is 1. The number of hydrogen-bond donors (Lipinski definition) is 1. The second kappa shape index (κ2) is 4.97. The molecule has 3 nitrogen and oxygen atoms in total. The Morgan fingerprint density at radius 1 is 1.54 bits per heavy atom. The number of benzene rings is 1. The SMILES string of the molecule is CONC(C=O)c1ccccc1Cl. The van der Waals surface area contributed by atoms with Crippen LogP contribution in [-0.4, -0.2) is 13.4 Å². The van der Waals surface area contributed by atoms with E-state index in [1.165, 1.54) is 7.11 Å². The first kappa shape index (κ1) is 10.2. The summed E-state index contributed by atoms with van der Waals surface area (Å²) in [6.07, 6.45) is 0.741. The lowest BCUT2D eigenvalue weighted by molar-refractivity contribution is -0.112. The van der Waals surface area contributed by atoms with Crippen LogP contribution in [0.5, 0.6) is 0 Å². The van der Waals surface area contributed by atoms with E-state index in [4.69, 9.17) is 11.6 Å². The summed E-state index contributed by atoms with van der Waals surface area (Å²) >= 11 is 5.88. The molecule has 0 aliphatic heterocycles. The van der Waals surface area contributed by atoms with Crippen LogP contribution in [0.4, 0.5) is 0 Å². The van der Waals surface area contributed by atoms with E-state index >= 15 is 0 Å². The van der Waals surface area contributed by atoms with Crippen molar-refractivity contribution in [1.29, 1.82) is 0 Å². The van der Waals surface area contributed by atoms with E-state index in [9.17, 15) is 4.79 Å². The number of rotatable bonds is 4. The van der Waals surface area contributed by atoms with Gasteiger partial charge in [-0.1, -0.05) is 29.8 Å². The molecule has 0 amide bonds. The third-order valence-electron chi connectivity index (χ3n) is 1.62. The smallest absolute Gasteiger partial charge is 0.143 e. The van der Waals surface area contributed by atoms with Gasteiger partial charge in [-0.15, -0.1) is 0 Å². The minimum absolute atomic E-state index is 0.515. The summed E-state index contributed by atoms with van der Waals surface area (Å²) in [6.45, 7) is 0. The first-order valence-electron chi connectivity index (χ1n) is 3.78. The van der Waals surface area contributed by atoms with Gasteiger partial charge in [0.1, 0.15) is 12.3 Å². The van der Waals surface area contributed by atoms with Crippen LogP contribution < -0.4 is 5.48 Å². The number of hydrogen-bond acceptors (Lipinski definition) is 3. The molecule has 1 atom stereocenters. The number of aldehydes is 1. The highest BCUT2D eigenvalue weighted by Gasteiger charge is 2.11. The van der Waals surface area contributed by atoms with Gasteiger partial charge in [0.05, 0.1) is 7.11 Å². The average Bonchev–Trinajstić information content (AvgIpc) is 2.16. The summed E-state index contributed by atoms with van der Waals surface area (Å²) in [5.74, 6) is 0. The Kier molecular flexibility index (Phi) is 3.89. The highest BCUT2D eigenvalue weighted by atomic mass is 35.5. The highest BCUT2D eigenvalue weighted by molar-refractivity contribution is 6.31. The molecule has 1 N–H and O–H groups in total. The largest absolute Gasteiger partial charge is 0.304 e. The second-order valence-electron chi connectivity index (χ2n) is 2.46. The Labute approximate surface area is 81.6 Å². The van der Waals surface area contributed by atoms with Crippen LogP contribution in [0.25, 0.3) is 0 Å². The predicted octanol–water partition coefficient (Wildman–Crippen LogP) is 1.73. The van der Waals surface area contributed by atoms with Crippen molar-refractivity contribution in [2.24, 2.45) is 0 Å². The molecule has 0 heterocycles. The zero-order valence-corrected chi connectivity index (χ0v) is 7.91. The van der Waals surface area contributed by atoms with Gasteiger partial charge in [-0.3, -0.25) is 0 Å². The fourth-order valence-electron chi connectivity index (χ4n) is 1.02. The predicted molar refractivity (Wildman–Crippen MR) is 50.4 cm³/mol. The van der Waals surface area contributed by atoms with Gasteiger partial charge in [0.15, 0.2) is 0 Å². The van der Waals surface area contributed by atoms with Crippen molar-refractivity contribution < 1.29 is 9.63 Å². The molecule has 0 aliphatic rings. The third kappa shape index (κ3) is 2.52. The van der Waals surface area contributed by atoms with E-state index in [2.05, 4.69) is 10.3 Å². The van der Waals surface area contributed by atoms with E-state index in [0.29, 0.717) is 10.6 Å². The summed E-state index contributed by atoms with van der Waals surface area (Å²) in [7, 11) is 1.45. The van der Waals surface area contributed by atoms with Crippen LogP contribution in [-0.2, 0) is 9.63 Å². The molecule has 0 spiro atoms. The topological polar surface area (TPSA) is 38.3 Å². The Balaban J connectivity index is 2.90. The highest BCUT2D eigenvalue weighted by Crippen LogP contribution is 2.20. The van der Waals surface area contributed by atoms with Crippen LogP contribution in [0.1, 0.15) is 11.6 Å². The van der Waals surface area contributed by atoms with Gasteiger partial charge in [0.2, 0.25) is 0 Å². The summed E-state index contributed by atoms with van der Waals surface area (Å²) in [5, 5.41) is 0.546. The number of nitrogens with one attached hydrogen (secondary N) is 1. The molecule has 0 aromatic heterocycles. The van der Waals surface area contributed by atoms with Gasteiger partial charge >= 0.3 is 0 Å². The van der Waals surface area contributed by atoms with Crippen molar-refractivity contribution in [2.75, 3.05) is 7.11 Å². The molecule has 1 rings (SSSR count). The van der Waals surface area contributed by atoms with Crippen LogP contribution in [0.15, 0.2) is 24.3 Å². The lowest BCUT2D eigenvalue weighted by Gasteiger charge is -2.11. The molecule has 0 radical (unpaired) electrons. The Bertz CT molecular complexity index is 291. The first-order chi connectivity index (χ1) is 6.29. The van der Waals surface area contributed by atoms with E-state index in [0.717, 1.165) is 6.29 Å². The van der Waals surface area contributed by atoms with Crippen LogP contribution in [0.3, 0.4) is 0 Å². The molecule has 70 valence electrons. The van der Waals surface area contributed by atoms with Gasteiger partial charge in [0, 0.05) is 5.02 Å². The number of halogens is 1. The lowest BCUT2D eigenvalue weighted by atomic mass is 10.1. The van der Waals surface area contributed by atoms with E-state index < -0.39 is 6.04 Å². The minimum atomic E-state index is -0.515. The van der Waals surface area contributed by atoms with Gasteiger partial charge < -0.3 is 9.63 Å². The van der Waals surface area contributed by atoms with Gasteiger partial charge in [0.25, 0.3) is 0 Å². The van der Waals surface area contributed by atoms with Crippen LogP contribution >= 0.6 is 11.6 Å². The maximum absolute atomic E-state index is 10.6. The lowest BCUT2D eigenvalue weighted by Crippen LogP contribution is -2.21. The number of hydroxylamine groups is 1. The molecule has 0 fully saturated rings. The third-order valence-corrected chi connectivity index (χ3v) is 1.97. The molecule has 13 heavy (non-hydrogen) atoms. The number of carbonyl (C=O) groups excluding carboxylic acids is 1. The van der Waals surface area contributed by atoms with E-state index in [1.807, 2.05) is 6.07 Å². The van der Waals surface area contributed by atoms with Crippen molar-refractivity contribution in [3.8, 4) is 0 Å². The summed E-state index contributed by atoms with van der Waals surface area (Å²) in [6, 6.07) is 6.60. The zero-order chi connectivity index (χ0) is 9.68. The van der Waals surface area contributed by atoms with Crippen molar-refractivity contribution in [3.05, 3.63) is 34.9 Å². The molecular weight excluding hydrogens is 190 g/mol. The molecule has 0 bridgehead atoms.